The first-order valence-corrected chi connectivity index (χ1v) is 5.01. The molecule has 0 aliphatic heterocycles. The Morgan fingerprint density at radius 1 is 1.53 bits per heavy atom. The van der Waals surface area contributed by atoms with Crippen molar-refractivity contribution < 1.29 is 18.8 Å². The Hall–Kier alpha value is -1.40. The summed E-state index contributed by atoms with van der Waals surface area (Å²) in [6.45, 7) is 0. The molecule has 1 aromatic rings. The number of carbonyl (C=O) groups excluding carboxylic acids is 1. The van der Waals surface area contributed by atoms with Crippen LogP contribution in [0.4, 0.5) is 10.1 Å². The maximum Gasteiger partial charge on any atom is 0.310 e. The summed E-state index contributed by atoms with van der Waals surface area (Å²) in [5, 5.41) is 9.72. The minimum atomic E-state index is -1.23. The summed E-state index contributed by atoms with van der Waals surface area (Å²) in [5.41, 5.74) is -0.796. The third-order valence-corrected chi connectivity index (χ3v) is 2.85. The summed E-state index contributed by atoms with van der Waals surface area (Å²) in [7, 11) is 1.15. The molecule has 0 saturated heterocycles. The van der Waals surface area contributed by atoms with Crippen LogP contribution in [0.5, 0.6) is 0 Å². The highest BCUT2D eigenvalue weighted by molar-refractivity contribution is 6.42. The monoisotopic (exact) mass is 281 g/mol. The van der Waals surface area contributed by atoms with Gasteiger partial charge in [0.2, 0.25) is 5.82 Å². The molecule has 0 aliphatic carbocycles. The minimum absolute atomic E-state index is 0.0385. The number of esters is 1. The first kappa shape index (κ1) is 13.7. The number of methoxy groups -OCH3 is 1. The third-order valence-electron chi connectivity index (χ3n) is 1.96. The number of nitro groups is 1. The Bertz CT molecular complexity index is 492. The zero-order valence-corrected chi connectivity index (χ0v) is 10.0. The lowest BCUT2D eigenvalue weighted by atomic mass is 10.1. The fraction of sp³-hybridized carbons (Fsp3) is 0.222. The van der Waals surface area contributed by atoms with Crippen LogP contribution >= 0.6 is 23.2 Å². The predicted molar refractivity (Wildman–Crippen MR) is 58.8 cm³/mol. The van der Waals surface area contributed by atoms with E-state index in [2.05, 4.69) is 4.74 Å². The maximum atomic E-state index is 13.3. The maximum absolute atomic E-state index is 13.3. The summed E-state index contributed by atoms with van der Waals surface area (Å²) >= 11 is 11.2. The molecule has 0 N–H and O–H groups in total. The van der Waals surface area contributed by atoms with E-state index in [-0.39, 0.29) is 17.0 Å². The zero-order chi connectivity index (χ0) is 13.2. The third kappa shape index (κ3) is 2.83. The van der Waals surface area contributed by atoms with Crippen molar-refractivity contribution in [2.75, 3.05) is 7.11 Å². The first-order chi connectivity index (χ1) is 7.88. The Morgan fingerprint density at radius 2 is 2.12 bits per heavy atom. The number of hydrogen-bond donors (Lipinski definition) is 0. The Balaban J connectivity index is 3.32. The quantitative estimate of drug-likeness (QED) is 0.370. The second-order valence-corrected chi connectivity index (χ2v) is 3.76. The highest BCUT2D eigenvalue weighted by atomic mass is 35.5. The van der Waals surface area contributed by atoms with E-state index < -0.39 is 27.4 Å². The standard InChI is InChI=1S/C9H6Cl2FNO4/c1-17-6(14)3-4-2-5(13(15)16)9(12)8(11)7(4)10/h2H,3H2,1H3. The van der Waals surface area contributed by atoms with E-state index in [0.29, 0.717) is 0 Å². The molecule has 1 aromatic carbocycles. The van der Waals surface area contributed by atoms with Crippen LogP contribution in [0.3, 0.4) is 0 Å². The number of hydrogen-bond acceptors (Lipinski definition) is 4. The highest BCUT2D eigenvalue weighted by Gasteiger charge is 2.24. The van der Waals surface area contributed by atoms with Gasteiger partial charge in [0, 0.05) is 6.07 Å². The van der Waals surface area contributed by atoms with Crippen molar-refractivity contribution in [3.05, 3.63) is 37.6 Å². The van der Waals surface area contributed by atoms with Crippen LogP contribution in [0.2, 0.25) is 10.0 Å². The van der Waals surface area contributed by atoms with Gasteiger partial charge < -0.3 is 4.74 Å². The molecular weight excluding hydrogens is 276 g/mol. The SMILES string of the molecule is COC(=O)Cc1cc([N+](=O)[O-])c(F)c(Cl)c1Cl. The largest absolute Gasteiger partial charge is 0.469 e. The van der Waals surface area contributed by atoms with Crippen molar-refractivity contribution in [2.24, 2.45) is 0 Å². The molecule has 0 amide bonds. The van der Waals surface area contributed by atoms with Crippen LogP contribution in [-0.2, 0) is 16.0 Å². The van der Waals surface area contributed by atoms with E-state index in [9.17, 15) is 19.3 Å². The van der Waals surface area contributed by atoms with Crippen LogP contribution in [-0.4, -0.2) is 18.0 Å². The molecule has 0 radical (unpaired) electrons. The molecule has 0 saturated carbocycles. The lowest BCUT2D eigenvalue weighted by Gasteiger charge is -2.06. The van der Waals surface area contributed by atoms with Gasteiger partial charge in [-0.15, -0.1) is 0 Å². The normalized spacial score (nSPS) is 10.1. The second kappa shape index (κ2) is 5.29. The van der Waals surface area contributed by atoms with Crippen molar-refractivity contribution in [1.29, 1.82) is 0 Å². The molecular formula is C9H6Cl2FNO4. The molecule has 1 rings (SSSR count). The number of carbonyl (C=O) groups is 1. The summed E-state index contributed by atoms with van der Waals surface area (Å²) in [5.74, 6) is -1.89. The van der Waals surface area contributed by atoms with Crippen molar-refractivity contribution in [3.8, 4) is 0 Å². The van der Waals surface area contributed by atoms with Gasteiger partial charge in [-0.1, -0.05) is 23.2 Å². The molecule has 17 heavy (non-hydrogen) atoms. The Morgan fingerprint density at radius 3 is 2.59 bits per heavy atom. The molecule has 0 spiro atoms. The van der Waals surface area contributed by atoms with E-state index in [1.54, 1.807) is 0 Å². The van der Waals surface area contributed by atoms with Gasteiger partial charge in [-0.2, -0.15) is 4.39 Å². The molecule has 5 nitrogen and oxygen atoms in total. The molecule has 0 fully saturated rings. The fourth-order valence-corrected chi connectivity index (χ4v) is 1.55. The average molecular weight is 282 g/mol. The van der Waals surface area contributed by atoms with Gasteiger partial charge in [-0.3, -0.25) is 14.9 Å². The van der Waals surface area contributed by atoms with Crippen molar-refractivity contribution >= 4 is 34.9 Å². The van der Waals surface area contributed by atoms with Crippen molar-refractivity contribution in [3.63, 3.8) is 0 Å². The number of nitro benzene ring substituents is 1. The minimum Gasteiger partial charge on any atom is -0.469 e. The average Bonchev–Trinajstić information content (AvgIpc) is 2.29. The van der Waals surface area contributed by atoms with Gasteiger partial charge in [-0.25, -0.2) is 0 Å². The van der Waals surface area contributed by atoms with Gasteiger partial charge in [0.25, 0.3) is 0 Å². The van der Waals surface area contributed by atoms with Crippen LogP contribution < -0.4 is 0 Å². The van der Waals surface area contributed by atoms with Gasteiger partial charge in [0.15, 0.2) is 0 Å². The molecule has 0 aliphatic rings. The molecule has 0 unspecified atom stereocenters. The summed E-state index contributed by atoms with van der Waals surface area (Å²) in [4.78, 5) is 20.6. The van der Waals surface area contributed by atoms with Gasteiger partial charge in [0.1, 0.15) is 5.02 Å². The van der Waals surface area contributed by atoms with Crippen LogP contribution in [0, 0.1) is 15.9 Å². The number of benzene rings is 1. The van der Waals surface area contributed by atoms with E-state index >= 15 is 0 Å². The molecule has 0 aromatic heterocycles. The fourth-order valence-electron chi connectivity index (χ4n) is 1.13. The Kier molecular flexibility index (Phi) is 4.25. The van der Waals surface area contributed by atoms with E-state index in [1.807, 2.05) is 0 Å². The highest BCUT2D eigenvalue weighted by Crippen LogP contribution is 2.34. The van der Waals surface area contributed by atoms with Crippen molar-refractivity contribution in [2.45, 2.75) is 6.42 Å². The molecule has 0 atom stereocenters. The molecule has 8 heteroatoms. The second-order valence-electron chi connectivity index (χ2n) is 3.01. The lowest BCUT2D eigenvalue weighted by Crippen LogP contribution is -2.06. The number of rotatable bonds is 3. The number of nitrogens with zero attached hydrogens (tertiary/aromatic N) is 1. The van der Waals surface area contributed by atoms with Crippen LogP contribution in [0.15, 0.2) is 6.07 Å². The van der Waals surface area contributed by atoms with Gasteiger partial charge >= 0.3 is 11.7 Å². The predicted octanol–water partition coefficient (Wildman–Crippen LogP) is 2.76. The van der Waals surface area contributed by atoms with E-state index in [0.717, 1.165) is 13.2 Å². The first-order valence-electron chi connectivity index (χ1n) is 4.26. The molecule has 0 heterocycles. The van der Waals surface area contributed by atoms with Crippen molar-refractivity contribution in [1.82, 2.24) is 0 Å². The number of ether oxygens (including phenoxy) is 1. The van der Waals surface area contributed by atoms with E-state index in [4.69, 9.17) is 23.2 Å². The lowest BCUT2D eigenvalue weighted by molar-refractivity contribution is -0.387. The van der Waals surface area contributed by atoms with Crippen LogP contribution in [0.1, 0.15) is 5.56 Å². The Labute approximate surface area is 105 Å². The van der Waals surface area contributed by atoms with E-state index in [1.165, 1.54) is 0 Å². The van der Waals surface area contributed by atoms with Gasteiger partial charge in [-0.05, 0) is 5.56 Å². The smallest absolute Gasteiger partial charge is 0.310 e. The summed E-state index contributed by atoms with van der Waals surface area (Å²) in [6, 6.07) is 0.862. The molecule has 0 bridgehead atoms. The number of halogens is 3. The molecule has 92 valence electrons. The topological polar surface area (TPSA) is 69.4 Å². The summed E-state index contributed by atoms with van der Waals surface area (Å²) < 4.78 is 17.7. The summed E-state index contributed by atoms with van der Waals surface area (Å²) in [6.07, 6.45) is -0.323. The van der Waals surface area contributed by atoms with Gasteiger partial charge in [0.05, 0.1) is 23.5 Å². The van der Waals surface area contributed by atoms with Crippen LogP contribution in [0.25, 0.3) is 0 Å². The zero-order valence-electron chi connectivity index (χ0n) is 8.50.